The summed E-state index contributed by atoms with van der Waals surface area (Å²) in [6.07, 6.45) is 1.68. The minimum absolute atomic E-state index is 0. The molecule has 1 radical (unpaired) electrons. The molecule has 0 spiro atoms. The van der Waals surface area contributed by atoms with Crippen LogP contribution in [0, 0.1) is 5.41 Å². The van der Waals surface area contributed by atoms with Crippen LogP contribution in [0.5, 0.6) is 0 Å². The molecule has 0 aromatic carbocycles. The first-order valence-corrected chi connectivity index (χ1v) is 3.24. The third kappa shape index (κ3) is 3.91. The van der Waals surface area contributed by atoms with E-state index in [0.717, 1.165) is 12.8 Å². The minimum Gasteiger partial charge on any atom is -0.481 e. The Bertz CT molecular complexity index is 110. The maximum atomic E-state index is 10.4. The molecule has 0 fully saturated rings. The molecule has 0 rings (SSSR count). The predicted molar refractivity (Wildman–Crippen MR) is 36.3 cm³/mol. The van der Waals surface area contributed by atoms with Crippen molar-refractivity contribution in [2.24, 2.45) is 5.41 Å². The fourth-order valence-corrected chi connectivity index (χ4v) is 0.732. The topological polar surface area (TPSA) is 37.3 Å². The van der Waals surface area contributed by atoms with Gasteiger partial charge in [-0.3, -0.25) is 4.79 Å². The van der Waals surface area contributed by atoms with E-state index in [4.69, 9.17) is 5.11 Å². The second-order valence-corrected chi connectivity index (χ2v) is 2.94. The third-order valence-electron chi connectivity index (χ3n) is 1.45. The van der Waals surface area contributed by atoms with Crippen molar-refractivity contribution in [2.75, 3.05) is 0 Å². The number of aliphatic carboxylic acids is 1. The molecule has 65 valence electrons. The fraction of sp³-hybridized carbons (Fsp3) is 0.857. The molecule has 0 atom stereocenters. The van der Waals surface area contributed by atoms with Crippen LogP contribution in [0.3, 0.4) is 0 Å². The summed E-state index contributed by atoms with van der Waals surface area (Å²) >= 11 is 0. The molecule has 0 amide bonds. The maximum absolute atomic E-state index is 10.4. The van der Waals surface area contributed by atoms with E-state index in [-0.39, 0.29) is 17.1 Å². The van der Waals surface area contributed by atoms with Gasteiger partial charge in [-0.05, 0) is 20.3 Å². The molecule has 0 bridgehead atoms. The number of hydrogen-bond acceptors (Lipinski definition) is 1. The summed E-state index contributed by atoms with van der Waals surface area (Å²) in [5, 5.41) is 8.57. The van der Waals surface area contributed by atoms with Gasteiger partial charge in [0, 0.05) is 17.1 Å². The minimum atomic E-state index is -0.704. The van der Waals surface area contributed by atoms with E-state index in [2.05, 4.69) is 0 Å². The smallest absolute Gasteiger partial charge is 0.309 e. The van der Waals surface area contributed by atoms with Crippen molar-refractivity contribution in [3.8, 4) is 0 Å². The second kappa shape index (κ2) is 4.75. The van der Waals surface area contributed by atoms with E-state index in [1.54, 1.807) is 13.8 Å². The van der Waals surface area contributed by atoms with Crippen molar-refractivity contribution in [1.82, 2.24) is 0 Å². The van der Waals surface area contributed by atoms with E-state index in [1.807, 2.05) is 6.92 Å². The average Bonchev–Trinajstić information content (AvgIpc) is 1.65. The van der Waals surface area contributed by atoms with Crippen molar-refractivity contribution in [3.63, 3.8) is 0 Å². The van der Waals surface area contributed by atoms with Crippen molar-refractivity contribution >= 4 is 5.97 Å². The van der Waals surface area contributed by atoms with Crippen LogP contribution in [-0.2, 0) is 21.9 Å². The number of carboxylic acids is 1. The van der Waals surface area contributed by atoms with Gasteiger partial charge in [-0.1, -0.05) is 13.3 Å². The predicted octanol–water partition coefficient (Wildman–Crippen LogP) is 1.89. The third-order valence-corrected chi connectivity index (χ3v) is 1.45. The van der Waals surface area contributed by atoms with Gasteiger partial charge >= 0.3 is 5.97 Å². The molecule has 2 nitrogen and oxygen atoms in total. The molecule has 0 aromatic rings. The van der Waals surface area contributed by atoms with Crippen LogP contribution in [-0.4, -0.2) is 11.1 Å². The fourth-order valence-electron chi connectivity index (χ4n) is 0.732. The molecule has 0 unspecified atom stereocenters. The maximum Gasteiger partial charge on any atom is 0.309 e. The van der Waals surface area contributed by atoms with Gasteiger partial charge in [-0.2, -0.15) is 0 Å². The van der Waals surface area contributed by atoms with Gasteiger partial charge in [0.25, 0.3) is 0 Å². The number of rotatable bonds is 3. The second-order valence-electron chi connectivity index (χ2n) is 2.94. The zero-order chi connectivity index (χ0) is 7.49. The molecule has 0 saturated heterocycles. The Hall–Kier alpha value is -0.0105. The Morgan fingerprint density at radius 2 is 1.90 bits per heavy atom. The normalized spacial score (nSPS) is 10.3. The SMILES string of the molecule is CCCC(C)(C)C(=O)O.[Cu]. The van der Waals surface area contributed by atoms with Gasteiger partial charge in [-0.25, -0.2) is 0 Å². The Morgan fingerprint density at radius 3 is 2.00 bits per heavy atom. The van der Waals surface area contributed by atoms with Gasteiger partial charge < -0.3 is 5.11 Å². The van der Waals surface area contributed by atoms with Crippen molar-refractivity contribution < 1.29 is 27.0 Å². The Labute approximate surface area is 72.5 Å². The molecule has 10 heavy (non-hydrogen) atoms. The monoisotopic (exact) mass is 193 g/mol. The van der Waals surface area contributed by atoms with Crippen molar-refractivity contribution in [2.45, 2.75) is 33.6 Å². The van der Waals surface area contributed by atoms with Gasteiger partial charge in [0.05, 0.1) is 5.41 Å². The van der Waals surface area contributed by atoms with Crippen LogP contribution < -0.4 is 0 Å². The molecule has 0 aliphatic rings. The van der Waals surface area contributed by atoms with Crippen molar-refractivity contribution in [1.29, 1.82) is 0 Å². The van der Waals surface area contributed by atoms with E-state index < -0.39 is 11.4 Å². The summed E-state index contributed by atoms with van der Waals surface area (Å²) in [6.45, 7) is 5.49. The van der Waals surface area contributed by atoms with Gasteiger partial charge in [0.15, 0.2) is 0 Å². The largest absolute Gasteiger partial charge is 0.481 e. The molecule has 0 aromatic heterocycles. The van der Waals surface area contributed by atoms with Crippen LogP contribution in [0.4, 0.5) is 0 Å². The number of carboxylic acid groups (broad SMARTS) is 1. The Morgan fingerprint density at radius 1 is 1.50 bits per heavy atom. The van der Waals surface area contributed by atoms with Crippen LogP contribution in [0.1, 0.15) is 33.6 Å². The summed E-state index contributed by atoms with van der Waals surface area (Å²) in [5.74, 6) is -0.704. The number of carbonyl (C=O) groups is 1. The summed E-state index contributed by atoms with van der Waals surface area (Å²) < 4.78 is 0. The quantitative estimate of drug-likeness (QED) is 0.696. The van der Waals surface area contributed by atoms with Crippen LogP contribution in [0.25, 0.3) is 0 Å². The zero-order valence-electron chi connectivity index (χ0n) is 6.57. The average molecular weight is 194 g/mol. The Kier molecular flexibility index (Phi) is 6.01. The first kappa shape index (κ1) is 12.6. The van der Waals surface area contributed by atoms with Gasteiger partial charge in [0.1, 0.15) is 0 Å². The zero-order valence-corrected chi connectivity index (χ0v) is 7.51. The molecule has 3 heteroatoms. The van der Waals surface area contributed by atoms with Crippen LogP contribution in [0.15, 0.2) is 0 Å². The molecular formula is C7H14CuO2. The summed E-state index contributed by atoms with van der Waals surface area (Å²) in [6, 6.07) is 0. The molecular weight excluding hydrogens is 180 g/mol. The van der Waals surface area contributed by atoms with Gasteiger partial charge in [-0.15, -0.1) is 0 Å². The standard InChI is InChI=1S/C7H14O2.Cu/c1-4-5-7(2,3)6(8)9;/h4-5H2,1-3H3,(H,8,9);. The van der Waals surface area contributed by atoms with Crippen molar-refractivity contribution in [3.05, 3.63) is 0 Å². The first-order valence-electron chi connectivity index (χ1n) is 3.24. The van der Waals surface area contributed by atoms with E-state index in [0.29, 0.717) is 0 Å². The first-order chi connectivity index (χ1) is 4.00. The molecule has 0 aliphatic carbocycles. The summed E-state index contributed by atoms with van der Waals surface area (Å²) in [7, 11) is 0. The van der Waals surface area contributed by atoms with Crippen LogP contribution >= 0.6 is 0 Å². The van der Waals surface area contributed by atoms with E-state index in [1.165, 1.54) is 0 Å². The summed E-state index contributed by atoms with van der Waals surface area (Å²) in [4.78, 5) is 10.4. The molecule has 0 aliphatic heterocycles. The molecule has 0 heterocycles. The summed E-state index contributed by atoms with van der Waals surface area (Å²) in [5.41, 5.74) is -0.533. The van der Waals surface area contributed by atoms with E-state index >= 15 is 0 Å². The molecule has 0 saturated carbocycles. The molecule has 1 N–H and O–H groups in total. The van der Waals surface area contributed by atoms with E-state index in [9.17, 15) is 4.79 Å². The van der Waals surface area contributed by atoms with Gasteiger partial charge in [0.2, 0.25) is 0 Å². The number of hydrogen-bond donors (Lipinski definition) is 1. The van der Waals surface area contributed by atoms with Crippen LogP contribution in [0.2, 0.25) is 0 Å². The Balaban J connectivity index is 0.